The summed E-state index contributed by atoms with van der Waals surface area (Å²) in [5.41, 5.74) is 1.72. The monoisotopic (exact) mass is 402 g/mol. The molecule has 0 aliphatic rings. The Balaban J connectivity index is 1.79. The van der Waals surface area contributed by atoms with Crippen LogP contribution in [-0.2, 0) is 0 Å². The molecule has 2 aromatic heterocycles. The minimum absolute atomic E-state index is 0.104. The number of rotatable bonds is 4. The first kappa shape index (κ1) is 16.7. The molecule has 7 heteroatoms. The van der Waals surface area contributed by atoms with Crippen molar-refractivity contribution in [2.45, 2.75) is 19.9 Å². The molecule has 3 rings (SSSR count). The van der Waals surface area contributed by atoms with Crippen molar-refractivity contribution in [2.75, 3.05) is 0 Å². The number of aromatic nitrogens is 3. The number of carbonyl (C=O) groups excluding carboxylic acids is 1. The topological polar surface area (TPSA) is 67.8 Å². The maximum absolute atomic E-state index is 12.6. The van der Waals surface area contributed by atoms with Gasteiger partial charge in [0.15, 0.2) is 10.8 Å². The zero-order chi connectivity index (χ0) is 17.1. The number of nitrogens with zero attached hydrogens (tertiary/aromatic N) is 3. The maximum Gasteiger partial charge on any atom is 0.263 e. The van der Waals surface area contributed by atoms with E-state index >= 15 is 0 Å². The van der Waals surface area contributed by atoms with Gasteiger partial charge in [-0.25, -0.2) is 15.0 Å². The van der Waals surface area contributed by atoms with Crippen molar-refractivity contribution in [1.82, 2.24) is 20.3 Å². The second kappa shape index (κ2) is 7.19. The molecule has 24 heavy (non-hydrogen) atoms. The van der Waals surface area contributed by atoms with E-state index in [1.807, 2.05) is 38.1 Å². The van der Waals surface area contributed by atoms with Gasteiger partial charge in [0.25, 0.3) is 5.91 Å². The first-order valence-corrected chi connectivity index (χ1v) is 8.96. The van der Waals surface area contributed by atoms with Gasteiger partial charge in [-0.15, -0.1) is 11.3 Å². The number of benzene rings is 1. The Labute approximate surface area is 152 Å². The Kier molecular flexibility index (Phi) is 5.01. The van der Waals surface area contributed by atoms with Gasteiger partial charge in [-0.3, -0.25) is 4.79 Å². The summed E-state index contributed by atoms with van der Waals surface area (Å²) in [5.74, 6) is 0.393. The Morgan fingerprint density at radius 3 is 2.71 bits per heavy atom. The van der Waals surface area contributed by atoms with E-state index in [0.29, 0.717) is 21.4 Å². The van der Waals surface area contributed by atoms with Crippen LogP contribution >= 0.6 is 27.3 Å². The minimum Gasteiger partial charge on any atom is -0.345 e. The first-order chi connectivity index (χ1) is 11.5. The van der Waals surface area contributed by atoms with E-state index < -0.39 is 0 Å². The van der Waals surface area contributed by atoms with Crippen LogP contribution in [0.1, 0.15) is 33.9 Å². The standard InChI is InChI=1S/C17H15BrN4OS/c1-10(12-5-3-6-13(18)9-12)21-16(23)14-11(2)22-17(24-14)15-19-7-4-8-20-15/h3-10H,1-2H3,(H,21,23). The van der Waals surface area contributed by atoms with E-state index in [9.17, 15) is 4.79 Å². The molecule has 0 aliphatic heterocycles. The normalized spacial score (nSPS) is 12.0. The molecule has 0 bridgehead atoms. The summed E-state index contributed by atoms with van der Waals surface area (Å²) >= 11 is 4.75. The average Bonchev–Trinajstić information content (AvgIpc) is 2.97. The molecule has 122 valence electrons. The number of hydrogen-bond donors (Lipinski definition) is 1. The van der Waals surface area contributed by atoms with Gasteiger partial charge in [0.2, 0.25) is 0 Å². The fourth-order valence-corrected chi connectivity index (χ4v) is 3.57. The molecule has 2 heterocycles. The van der Waals surface area contributed by atoms with E-state index in [-0.39, 0.29) is 11.9 Å². The van der Waals surface area contributed by atoms with Crippen molar-refractivity contribution in [1.29, 1.82) is 0 Å². The summed E-state index contributed by atoms with van der Waals surface area (Å²) in [7, 11) is 0. The second-order valence-corrected chi connectivity index (χ2v) is 7.17. The van der Waals surface area contributed by atoms with E-state index in [1.54, 1.807) is 18.5 Å². The van der Waals surface area contributed by atoms with Crippen molar-refractivity contribution in [3.8, 4) is 10.8 Å². The number of amides is 1. The molecule has 0 saturated heterocycles. The van der Waals surface area contributed by atoms with Crippen molar-refractivity contribution in [3.63, 3.8) is 0 Å². The molecule has 0 aliphatic carbocycles. The molecular formula is C17H15BrN4OS. The van der Waals surface area contributed by atoms with E-state index in [4.69, 9.17) is 0 Å². The molecule has 1 amide bonds. The molecule has 5 nitrogen and oxygen atoms in total. The fraction of sp³-hybridized carbons (Fsp3) is 0.176. The lowest BCUT2D eigenvalue weighted by molar-refractivity contribution is 0.0943. The third kappa shape index (κ3) is 3.68. The number of thiazole rings is 1. The van der Waals surface area contributed by atoms with Crippen LogP contribution in [0.15, 0.2) is 47.2 Å². The molecule has 1 atom stereocenters. The van der Waals surface area contributed by atoms with Gasteiger partial charge in [-0.1, -0.05) is 28.1 Å². The zero-order valence-electron chi connectivity index (χ0n) is 13.2. The molecule has 0 saturated carbocycles. The third-order valence-electron chi connectivity index (χ3n) is 3.46. The summed E-state index contributed by atoms with van der Waals surface area (Å²) in [6.07, 6.45) is 3.32. The van der Waals surface area contributed by atoms with Crippen LogP contribution in [-0.4, -0.2) is 20.9 Å². The van der Waals surface area contributed by atoms with Gasteiger partial charge in [-0.05, 0) is 37.6 Å². The van der Waals surface area contributed by atoms with Gasteiger partial charge in [0, 0.05) is 16.9 Å². The van der Waals surface area contributed by atoms with E-state index in [2.05, 4.69) is 36.2 Å². The van der Waals surface area contributed by atoms with Crippen LogP contribution in [0.5, 0.6) is 0 Å². The van der Waals surface area contributed by atoms with E-state index in [1.165, 1.54) is 11.3 Å². The quantitative estimate of drug-likeness (QED) is 0.710. The predicted molar refractivity (Wildman–Crippen MR) is 97.9 cm³/mol. The van der Waals surface area contributed by atoms with Crippen LogP contribution in [0, 0.1) is 6.92 Å². The van der Waals surface area contributed by atoms with Crippen molar-refractivity contribution >= 4 is 33.2 Å². The molecule has 3 aromatic rings. The predicted octanol–water partition coefficient (Wildman–Crippen LogP) is 4.16. The van der Waals surface area contributed by atoms with Crippen molar-refractivity contribution in [2.24, 2.45) is 0 Å². The highest BCUT2D eigenvalue weighted by Crippen LogP contribution is 2.26. The largest absolute Gasteiger partial charge is 0.345 e. The minimum atomic E-state index is -0.139. The Hall–Kier alpha value is -2.12. The summed E-state index contributed by atoms with van der Waals surface area (Å²) < 4.78 is 0.985. The number of carbonyl (C=O) groups is 1. The molecular weight excluding hydrogens is 388 g/mol. The summed E-state index contributed by atoms with van der Waals surface area (Å²) in [6, 6.07) is 9.53. The molecule has 0 fully saturated rings. The molecule has 1 N–H and O–H groups in total. The average molecular weight is 403 g/mol. The molecule has 1 aromatic carbocycles. The van der Waals surface area contributed by atoms with Gasteiger partial charge in [0.05, 0.1) is 11.7 Å². The SMILES string of the molecule is Cc1nc(-c2ncccn2)sc1C(=O)NC(C)c1cccc(Br)c1. The Morgan fingerprint density at radius 1 is 1.25 bits per heavy atom. The maximum atomic E-state index is 12.6. The van der Waals surface area contributed by atoms with Crippen LogP contribution in [0.3, 0.4) is 0 Å². The number of halogens is 1. The van der Waals surface area contributed by atoms with Crippen LogP contribution in [0.2, 0.25) is 0 Å². The third-order valence-corrected chi connectivity index (χ3v) is 5.10. The lowest BCUT2D eigenvalue weighted by Gasteiger charge is -2.14. The Morgan fingerprint density at radius 2 is 2.00 bits per heavy atom. The van der Waals surface area contributed by atoms with Gasteiger partial charge in [-0.2, -0.15) is 0 Å². The van der Waals surface area contributed by atoms with E-state index in [0.717, 1.165) is 10.0 Å². The number of hydrogen-bond acceptors (Lipinski definition) is 5. The van der Waals surface area contributed by atoms with Crippen LogP contribution in [0.25, 0.3) is 10.8 Å². The number of nitrogens with one attached hydrogen (secondary N) is 1. The second-order valence-electron chi connectivity index (χ2n) is 5.26. The summed E-state index contributed by atoms with van der Waals surface area (Å²) in [6.45, 7) is 3.78. The fourth-order valence-electron chi connectivity index (χ4n) is 2.23. The van der Waals surface area contributed by atoms with Gasteiger partial charge in [0.1, 0.15) is 4.88 Å². The molecule has 0 spiro atoms. The highest BCUT2D eigenvalue weighted by Gasteiger charge is 2.19. The van der Waals surface area contributed by atoms with Gasteiger partial charge >= 0.3 is 0 Å². The summed E-state index contributed by atoms with van der Waals surface area (Å²) in [5, 5.41) is 3.66. The molecule has 0 radical (unpaired) electrons. The van der Waals surface area contributed by atoms with Crippen LogP contribution in [0.4, 0.5) is 0 Å². The lowest BCUT2D eigenvalue weighted by Crippen LogP contribution is -2.26. The highest BCUT2D eigenvalue weighted by molar-refractivity contribution is 9.10. The van der Waals surface area contributed by atoms with Crippen LogP contribution < -0.4 is 5.32 Å². The summed E-state index contributed by atoms with van der Waals surface area (Å²) in [4.78, 5) is 26.0. The zero-order valence-corrected chi connectivity index (χ0v) is 15.6. The van der Waals surface area contributed by atoms with Gasteiger partial charge < -0.3 is 5.32 Å². The van der Waals surface area contributed by atoms with Crippen molar-refractivity contribution < 1.29 is 4.79 Å². The van der Waals surface area contributed by atoms with Crippen molar-refractivity contribution in [3.05, 3.63) is 63.3 Å². The molecule has 1 unspecified atom stereocenters. The lowest BCUT2D eigenvalue weighted by atomic mass is 10.1. The first-order valence-electron chi connectivity index (χ1n) is 7.35. The highest BCUT2D eigenvalue weighted by atomic mass is 79.9. The smallest absolute Gasteiger partial charge is 0.263 e. The number of aryl methyl sites for hydroxylation is 1. The Bertz CT molecular complexity index is 866.